The smallest absolute Gasteiger partial charge is 0.170 e. The lowest BCUT2D eigenvalue weighted by atomic mass is 9.89. The highest BCUT2D eigenvalue weighted by atomic mass is 35.5. The number of hydrogen-bond donors (Lipinski definition) is 2. The molecule has 29 heavy (non-hydrogen) atoms. The van der Waals surface area contributed by atoms with Crippen LogP contribution >= 0.6 is 11.6 Å². The summed E-state index contributed by atoms with van der Waals surface area (Å²) in [6.07, 6.45) is -1.23. The molecular formula is C20H19ClF2N2O4. The van der Waals surface area contributed by atoms with E-state index < -0.39 is 23.3 Å². The Labute approximate surface area is 170 Å². The molecule has 4 rings (SSSR count). The summed E-state index contributed by atoms with van der Waals surface area (Å²) in [7, 11) is 0. The number of anilines is 1. The van der Waals surface area contributed by atoms with Crippen LogP contribution in [0.4, 0.5) is 14.5 Å². The van der Waals surface area contributed by atoms with E-state index in [-0.39, 0.29) is 36.8 Å². The summed E-state index contributed by atoms with van der Waals surface area (Å²) >= 11 is 5.66. The Kier molecular flexibility index (Phi) is 5.10. The van der Waals surface area contributed by atoms with Crippen LogP contribution in [0.3, 0.4) is 0 Å². The van der Waals surface area contributed by atoms with Crippen LogP contribution in [0.25, 0.3) is 11.0 Å². The number of hydrogen-bond acceptors (Lipinski definition) is 6. The first-order valence-corrected chi connectivity index (χ1v) is 9.44. The molecule has 1 aliphatic rings. The lowest BCUT2D eigenvalue weighted by Crippen LogP contribution is -2.58. The molecule has 154 valence electrons. The number of β-amino-alcohol motifs (C(OH)–C–C–N with tert-alkyl or cyclic N) is 1. The first kappa shape index (κ1) is 19.9. The fourth-order valence-electron chi connectivity index (χ4n) is 3.60. The third-order valence-corrected chi connectivity index (χ3v) is 5.45. The van der Waals surface area contributed by atoms with Crippen LogP contribution in [0, 0.1) is 18.6 Å². The number of fused-ring (bicyclic) bond motifs is 1. The highest BCUT2D eigenvalue weighted by molar-refractivity contribution is 6.30. The number of aliphatic hydroxyl groups excluding tert-OH is 1. The topological polar surface area (TPSA) is 79.0 Å². The van der Waals surface area contributed by atoms with Crippen LogP contribution < -0.4 is 9.64 Å². The fraction of sp³-hybridized carbons (Fsp3) is 0.350. The van der Waals surface area contributed by atoms with Gasteiger partial charge in [-0.15, -0.1) is 0 Å². The predicted molar refractivity (Wildman–Crippen MR) is 103 cm³/mol. The SMILES string of the molecule is Cc1noc2cccc(OC[C@]3(O)CCN(c4c(F)cc(Cl)cc4F)C[C@H]3O)c12. The Bertz CT molecular complexity index is 1040. The molecule has 0 bridgehead atoms. The van der Waals surface area contributed by atoms with E-state index in [0.717, 1.165) is 12.1 Å². The van der Waals surface area contributed by atoms with Crippen molar-refractivity contribution < 1.29 is 28.3 Å². The summed E-state index contributed by atoms with van der Waals surface area (Å²) in [4.78, 5) is 1.35. The Hall–Kier alpha value is -2.42. The van der Waals surface area contributed by atoms with Crippen molar-refractivity contribution in [2.75, 3.05) is 24.6 Å². The molecule has 2 aromatic carbocycles. The Morgan fingerprint density at radius 1 is 1.34 bits per heavy atom. The van der Waals surface area contributed by atoms with E-state index in [9.17, 15) is 19.0 Å². The molecule has 1 aliphatic heterocycles. The second-order valence-corrected chi connectivity index (χ2v) is 7.66. The molecule has 1 aromatic heterocycles. The van der Waals surface area contributed by atoms with Gasteiger partial charge in [-0.25, -0.2) is 8.78 Å². The molecule has 0 radical (unpaired) electrons. The van der Waals surface area contributed by atoms with Gasteiger partial charge in [-0.05, 0) is 37.6 Å². The zero-order chi connectivity index (χ0) is 20.8. The van der Waals surface area contributed by atoms with Gasteiger partial charge >= 0.3 is 0 Å². The van der Waals surface area contributed by atoms with Crippen LogP contribution in [-0.4, -0.2) is 46.8 Å². The predicted octanol–water partition coefficient (Wildman–Crippen LogP) is 3.45. The largest absolute Gasteiger partial charge is 0.490 e. The number of aliphatic hydroxyl groups is 2. The monoisotopic (exact) mass is 424 g/mol. The van der Waals surface area contributed by atoms with Gasteiger partial charge in [0.25, 0.3) is 0 Å². The van der Waals surface area contributed by atoms with E-state index in [0.29, 0.717) is 22.4 Å². The Balaban J connectivity index is 1.50. The van der Waals surface area contributed by atoms with E-state index >= 15 is 0 Å². The third kappa shape index (κ3) is 3.63. The summed E-state index contributed by atoms with van der Waals surface area (Å²) in [5, 5.41) is 26.0. The quantitative estimate of drug-likeness (QED) is 0.668. The van der Waals surface area contributed by atoms with Gasteiger partial charge in [0.2, 0.25) is 0 Å². The van der Waals surface area contributed by atoms with Gasteiger partial charge in [0, 0.05) is 18.1 Å². The molecule has 1 saturated heterocycles. The average Bonchev–Trinajstić information content (AvgIpc) is 3.04. The molecule has 6 nitrogen and oxygen atoms in total. The minimum absolute atomic E-state index is 0.0499. The van der Waals surface area contributed by atoms with Crippen LogP contribution in [0.2, 0.25) is 5.02 Å². The molecular weight excluding hydrogens is 406 g/mol. The van der Waals surface area contributed by atoms with Crippen LogP contribution in [-0.2, 0) is 0 Å². The second-order valence-electron chi connectivity index (χ2n) is 7.22. The van der Waals surface area contributed by atoms with Crippen LogP contribution in [0.5, 0.6) is 5.75 Å². The van der Waals surface area contributed by atoms with Crippen molar-refractivity contribution in [3.05, 3.63) is 52.7 Å². The van der Waals surface area contributed by atoms with Crippen molar-refractivity contribution in [1.82, 2.24) is 5.16 Å². The first-order chi connectivity index (χ1) is 13.8. The number of ether oxygens (including phenoxy) is 1. The highest BCUT2D eigenvalue weighted by Crippen LogP contribution is 2.34. The van der Waals surface area contributed by atoms with Gasteiger partial charge in [-0.2, -0.15) is 0 Å². The molecule has 2 heterocycles. The van der Waals surface area contributed by atoms with E-state index in [1.54, 1.807) is 25.1 Å². The minimum atomic E-state index is -1.58. The van der Waals surface area contributed by atoms with E-state index in [1.807, 2.05) is 0 Å². The molecule has 2 atom stereocenters. The van der Waals surface area contributed by atoms with Crippen LogP contribution in [0.1, 0.15) is 12.1 Å². The summed E-state index contributed by atoms with van der Waals surface area (Å²) in [6, 6.07) is 7.23. The maximum absolute atomic E-state index is 14.2. The normalized spacial score (nSPS) is 22.3. The number of halogens is 3. The van der Waals surface area contributed by atoms with Crippen molar-refractivity contribution in [2.45, 2.75) is 25.0 Å². The van der Waals surface area contributed by atoms with Gasteiger partial charge in [0.05, 0.1) is 11.1 Å². The van der Waals surface area contributed by atoms with Gasteiger partial charge in [0.15, 0.2) is 17.2 Å². The summed E-state index contributed by atoms with van der Waals surface area (Å²) in [5.41, 5.74) is -0.660. The number of aromatic nitrogens is 1. The van der Waals surface area contributed by atoms with Crippen molar-refractivity contribution in [2.24, 2.45) is 0 Å². The number of aryl methyl sites for hydroxylation is 1. The standard InChI is InChI=1S/C20H19ClF2N2O4/c1-11-18-15(3-2-4-16(18)29-24-11)28-10-20(27)5-6-25(9-17(20)26)19-13(22)7-12(21)8-14(19)23/h2-4,7-8,17,26-27H,5-6,9-10H2,1H3/t17-,20-/m1/s1. The van der Waals surface area contributed by atoms with Gasteiger partial charge in [-0.3, -0.25) is 0 Å². The lowest BCUT2D eigenvalue weighted by Gasteiger charge is -2.42. The van der Waals surface area contributed by atoms with E-state index in [4.69, 9.17) is 20.9 Å². The molecule has 1 fully saturated rings. The summed E-state index contributed by atoms with van der Waals surface area (Å²) < 4.78 is 39.4. The highest BCUT2D eigenvalue weighted by Gasteiger charge is 2.42. The third-order valence-electron chi connectivity index (χ3n) is 5.23. The molecule has 0 amide bonds. The minimum Gasteiger partial charge on any atom is -0.490 e. The van der Waals surface area contributed by atoms with Crippen molar-refractivity contribution >= 4 is 28.3 Å². The average molecular weight is 425 g/mol. The Morgan fingerprint density at radius 3 is 2.76 bits per heavy atom. The molecule has 3 aromatic rings. The van der Waals surface area contributed by atoms with Crippen molar-refractivity contribution in [1.29, 1.82) is 0 Å². The maximum Gasteiger partial charge on any atom is 0.170 e. The molecule has 0 aliphatic carbocycles. The number of rotatable bonds is 4. The molecule has 0 unspecified atom stereocenters. The number of piperidine rings is 1. The molecule has 0 saturated carbocycles. The maximum atomic E-state index is 14.2. The van der Waals surface area contributed by atoms with Crippen LogP contribution in [0.15, 0.2) is 34.9 Å². The second kappa shape index (κ2) is 7.44. The molecule has 0 spiro atoms. The zero-order valence-corrected chi connectivity index (χ0v) is 16.3. The van der Waals surface area contributed by atoms with Gasteiger partial charge < -0.3 is 24.4 Å². The first-order valence-electron chi connectivity index (χ1n) is 9.06. The van der Waals surface area contributed by atoms with Crippen molar-refractivity contribution in [3.8, 4) is 5.75 Å². The van der Waals surface area contributed by atoms with Gasteiger partial charge in [-0.1, -0.05) is 22.8 Å². The summed E-state index contributed by atoms with van der Waals surface area (Å²) in [5.74, 6) is -1.17. The number of nitrogens with zero attached hydrogens (tertiary/aromatic N) is 2. The summed E-state index contributed by atoms with van der Waals surface area (Å²) in [6.45, 7) is 1.54. The van der Waals surface area contributed by atoms with Crippen molar-refractivity contribution in [3.63, 3.8) is 0 Å². The van der Waals surface area contributed by atoms with E-state index in [2.05, 4.69) is 5.16 Å². The molecule has 9 heteroatoms. The van der Waals surface area contributed by atoms with E-state index in [1.165, 1.54) is 4.90 Å². The molecule has 2 N–H and O–H groups in total. The fourth-order valence-corrected chi connectivity index (χ4v) is 3.79. The number of benzene rings is 2. The van der Waals surface area contributed by atoms with Gasteiger partial charge in [0.1, 0.15) is 29.7 Å². The Morgan fingerprint density at radius 2 is 2.07 bits per heavy atom. The lowest BCUT2D eigenvalue weighted by molar-refractivity contribution is -0.108. The zero-order valence-electron chi connectivity index (χ0n) is 15.5.